The van der Waals surface area contributed by atoms with Gasteiger partial charge in [0, 0.05) is 15.7 Å². The average Bonchev–Trinajstić information content (AvgIpc) is 3.02. The minimum atomic E-state index is -0.739. The number of anilines is 2. The molecule has 35 heavy (non-hydrogen) atoms. The van der Waals surface area contributed by atoms with E-state index in [0.29, 0.717) is 21.5 Å². The third-order valence-corrected chi connectivity index (χ3v) is 6.69. The highest BCUT2D eigenvalue weighted by molar-refractivity contribution is 6.54. The van der Waals surface area contributed by atoms with Crippen molar-refractivity contribution in [2.75, 3.05) is 10.2 Å². The molecule has 2 amide bonds. The number of aryl methyl sites for hydroxylation is 2. The molecule has 3 aromatic carbocycles. The first-order valence-corrected chi connectivity index (χ1v) is 11.7. The van der Waals surface area contributed by atoms with Gasteiger partial charge in [-0.3, -0.25) is 9.59 Å². The van der Waals surface area contributed by atoms with Gasteiger partial charge in [-0.1, -0.05) is 46.4 Å². The summed E-state index contributed by atoms with van der Waals surface area (Å²) in [5.41, 5.74) is 2.28. The second-order valence-electron chi connectivity index (χ2n) is 7.69. The molecule has 10 heteroatoms. The number of esters is 1. The Morgan fingerprint density at radius 1 is 0.857 bits per heavy atom. The van der Waals surface area contributed by atoms with Gasteiger partial charge >= 0.3 is 5.97 Å². The molecule has 1 N–H and O–H groups in total. The van der Waals surface area contributed by atoms with E-state index in [1.807, 2.05) is 13.8 Å². The number of imide groups is 1. The van der Waals surface area contributed by atoms with Gasteiger partial charge in [0.1, 0.15) is 16.5 Å². The fourth-order valence-corrected chi connectivity index (χ4v) is 4.14. The standard InChI is InChI=1S/C25H16Cl4N2O4/c1-12-9-17(10-13(2)20(12)28)35-25(34)14-3-6-16(7-4-14)30-22-21(29)23(32)31(24(22)33)19-11-15(26)5-8-18(19)27/h3-11,30H,1-2H3. The normalized spacial score (nSPS) is 13.5. The van der Waals surface area contributed by atoms with Crippen LogP contribution in [0.1, 0.15) is 21.5 Å². The minimum Gasteiger partial charge on any atom is -0.423 e. The summed E-state index contributed by atoms with van der Waals surface area (Å²) in [6, 6.07) is 13.9. The Kier molecular flexibility index (Phi) is 7.10. The van der Waals surface area contributed by atoms with Gasteiger partial charge in [0.05, 0.1) is 16.3 Å². The topological polar surface area (TPSA) is 75.7 Å². The van der Waals surface area contributed by atoms with E-state index in [4.69, 9.17) is 51.1 Å². The van der Waals surface area contributed by atoms with Crippen molar-refractivity contribution in [3.8, 4) is 5.75 Å². The molecule has 1 heterocycles. The zero-order chi connectivity index (χ0) is 25.4. The summed E-state index contributed by atoms with van der Waals surface area (Å²) < 4.78 is 5.45. The van der Waals surface area contributed by atoms with E-state index in [0.717, 1.165) is 16.0 Å². The van der Waals surface area contributed by atoms with Crippen LogP contribution in [0.25, 0.3) is 0 Å². The Morgan fingerprint density at radius 2 is 1.49 bits per heavy atom. The Labute approximate surface area is 221 Å². The highest BCUT2D eigenvalue weighted by atomic mass is 35.5. The number of hydrogen-bond acceptors (Lipinski definition) is 5. The number of benzene rings is 3. The maximum absolute atomic E-state index is 13.0. The second kappa shape index (κ2) is 9.91. The minimum absolute atomic E-state index is 0.120. The van der Waals surface area contributed by atoms with Gasteiger partial charge in [0.2, 0.25) is 0 Å². The number of rotatable bonds is 5. The maximum Gasteiger partial charge on any atom is 0.343 e. The summed E-state index contributed by atoms with van der Waals surface area (Å²) in [6.45, 7) is 3.65. The average molecular weight is 550 g/mol. The molecule has 3 aromatic rings. The molecule has 0 saturated heterocycles. The molecule has 0 spiro atoms. The lowest BCUT2D eigenvalue weighted by Crippen LogP contribution is -2.32. The van der Waals surface area contributed by atoms with Crippen molar-refractivity contribution in [3.63, 3.8) is 0 Å². The highest BCUT2D eigenvalue weighted by Gasteiger charge is 2.40. The summed E-state index contributed by atoms with van der Waals surface area (Å²) in [5, 5.41) is 3.61. The number of ether oxygens (including phenoxy) is 1. The molecule has 0 unspecified atom stereocenters. The van der Waals surface area contributed by atoms with Crippen LogP contribution in [0.5, 0.6) is 5.75 Å². The predicted octanol–water partition coefficient (Wildman–Crippen LogP) is 6.92. The quantitative estimate of drug-likeness (QED) is 0.212. The molecule has 0 radical (unpaired) electrons. The zero-order valence-electron chi connectivity index (χ0n) is 18.3. The first kappa shape index (κ1) is 25.1. The molecule has 0 bridgehead atoms. The number of nitrogens with one attached hydrogen (secondary N) is 1. The van der Waals surface area contributed by atoms with E-state index in [1.165, 1.54) is 30.3 Å². The predicted molar refractivity (Wildman–Crippen MR) is 138 cm³/mol. The second-order valence-corrected chi connectivity index (χ2v) is 9.29. The molecule has 4 rings (SSSR count). The fourth-order valence-electron chi connectivity index (χ4n) is 3.45. The van der Waals surface area contributed by atoms with Crippen molar-refractivity contribution < 1.29 is 19.1 Å². The summed E-state index contributed by atoms with van der Waals surface area (Å²) in [7, 11) is 0. The van der Waals surface area contributed by atoms with E-state index < -0.39 is 17.8 Å². The molecule has 6 nitrogen and oxygen atoms in total. The number of carbonyl (C=O) groups is 3. The number of nitrogens with zero attached hydrogens (tertiary/aromatic N) is 1. The van der Waals surface area contributed by atoms with E-state index in [9.17, 15) is 14.4 Å². The Hall–Kier alpha value is -3.03. The Balaban J connectivity index is 1.50. The van der Waals surface area contributed by atoms with Crippen LogP contribution in [0.2, 0.25) is 15.1 Å². The van der Waals surface area contributed by atoms with E-state index in [2.05, 4.69) is 5.32 Å². The van der Waals surface area contributed by atoms with Gasteiger partial charge in [-0.05, 0) is 79.6 Å². The molecule has 1 aliphatic heterocycles. The lowest BCUT2D eigenvalue weighted by Gasteiger charge is -2.17. The molecule has 1 aliphatic rings. The van der Waals surface area contributed by atoms with Crippen LogP contribution in [-0.4, -0.2) is 17.8 Å². The van der Waals surface area contributed by atoms with Crippen molar-refractivity contribution in [2.24, 2.45) is 0 Å². The molecular formula is C25H16Cl4N2O4. The number of carbonyl (C=O) groups excluding carboxylic acids is 3. The Bertz CT molecular complexity index is 1390. The van der Waals surface area contributed by atoms with Crippen molar-refractivity contribution in [2.45, 2.75) is 13.8 Å². The van der Waals surface area contributed by atoms with Gasteiger partial charge in [-0.15, -0.1) is 0 Å². The van der Waals surface area contributed by atoms with Crippen molar-refractivity contribution >= 4 is 75.6 Å². The van der Waals surface area contributed by atoms with E-state index >= 15 is 0 Å². The van der Waals surface area contributed by atoms with Crippen molar-refractivity contribution in [1.29, 1.82) is 0 Å². The van der Waals surface area contributed by atoms with Crippen LogP contribution in [-0.2, 0) is 9.59 Å². The summed E-state index contributed by atoms with van der Waals surface area (Å²) >= 11 is 24.5. The molecule has 0 atom stereocenters. The smallest absolute Gasteiger partial charge is 0.343 e. The van der Waals surface area contributed by atoms with Crippen LogP contribution >= 0.6 is 46.4 Å². The first-order chi connectivity index (χ1) is 16.6. The van der Waals surface area contributed by atoms with Crippen molar-refractivity contribution in [1.82, 2.24) is 0 Å². The largest absolute Gasteiger partial charge is 0.423 e. The number of hydrogen-bond donors (Lipinski definition) is 1. The van der Waals surface area contributed by atoms with Crippen LogP contribution in [0.15, 0.2) is 65.3 Å². The molecule has 0 aromatic heterocycles. The number of halogens is 4. The molecule has 178 valence electrons. The van der Waals surface area contributed by atoms with Gasteiger partial charge < -0.3 is 10.1 Å². The van der Waals surface area contributed by atoms with Crippen LogP contribution in [0, 0.1) is 13.8 Å². The van der Waals surface area contributed by atoms with Crippen molar-refractivity contribution in [3.05, 3.63) is 97.1 Å². The number of amides is 2. The van der Waals surface area contributed by atoms with Gasteiger partial charge in [0.15, 0.2) is 0 Å². The van der Waals surface area contributed by atoms with Crippen LogP contribution in [0.4, 0.5) is 11.4 Å². The van der Waals surface area contributed by atoms with Gasteiger partial charge in [-0.25, -0.2) is 9.69 Å². The van der Waals surface area contributed by atoms with E-state index in [-0.39, 0.29) is 27.0 Å². The lowest BCUT2D eigenvalue weighted by molar-refractivity contribution is -0.120. The monoisotopic (exact) mass is 548 g/mol. The SMILES string of the molecule is Cc1cc(OC(=O)c2ccc(NC3=C(Cl)C(=O)N(c4cc(Cl)ccc4Cl)C3=O)cc2)cc(C)c1Cl. The summed E-state index contributed by atoms with van der Waals surface area (Å²) in [4.78, 5) is 39.0. The molecule has 0 aliphatic carbocycles. The third-order valence-electron chi connectivity index (χ3n) is 5.19. The summed E-state index contributed by atoms with van der Waals surface area (Å²) in [5.74, 6) is -1.62. The third kappa shape index (κ3) is 5.02. The van der Waals surface area contributed by atoms with Crippen LogP contribution in [0.3, 0.4) is 0 Å². The lowest BCUT2D eigenvalue weighted by atomic mass is 10.1. The van der Waals surface area contributed by atoms with Crippen LogP contribution < -0.4 is 15.0 Å². The summed E-state index contributed by atoms with van der Waals surface area (Å²) in [6.07, 6.45) is 0. The first-order valence-electron chi connectivity index (χ1n) is 10.2. The van der Waals surface area contributed by atoms with Gasteiger partial charge in [-0.2, -0.15) is 0 Å². The fraction of sp³-hybridized carbons (Fsp3) is 0.0800. The molecule has 0 saturated carbocycles. The maximum atomic E-state index is 13.0. The van der Waals surface area contributed by atoms with Gasteiger partial charge in [0.25, 0.3) is 11.8 Å². The molecular weight excluding hydrogens is 534 g/mol. The molecule has 0 fully saturated rings. The zero-order valence-corrected chi connectivity index (χ0v) is 21.3. The highest BCUT2D eigenvalue weighted by Crippen LogP contribution is 2.36. The Morgan fingerprint density at radius 3 is 2.11 bits per heavy atom. The van der Waals surface area contributed by atoms with E-state index in [1.54, 1.807) is 24.3 Å².